The van der Waals surface area contributed by atoms with Gasteiger partial charge in [-0.05, 0) is 37.6 Å². The third-order valence-electron chi connectivity index (χ3n) is 5.26. The van der Waals surface area contributed by atoms with Crippen molar-refractivity contribution in [3.63, 3.8) is 0 Å². The lowest BCUT2D eigenvalue weighted by molar-refractivity contribution is -0.00578. The Kier molecular flexibility index (Phi) is 4.60. The van der Waals surface area contributed by atoms with Gasteiger partial charge in [0.1, 0.15) is 5.82 Å². The lowest BCUT2D eigenvalue weighted by atomic mass is 10.1. The van der Waals surface area contributed by atoms with E-state index in [1.807, 2.05) is 36.4 Å². The number of ether oxygens (including phenoxy) is 1. The van der Waals surface area contributed by atoms with E-state index < -0.39 is 0 Å². The van der Waals surface area contributed by atoms with E-state index in [0.29, 0.717) is 11.4 Å². The number of rotatable bonds is 3. The molecule has 6 nitrogen and oxygen atoms in total. The topological polar surface area (TPSA) is 55.6 Å². The summed E-state index contributed by atoms with van der Waals surface area (Å²) in [4.78, 5) is 7.27. The van der Waals surface area contributed by atoms with E-state index in [1.165, 1.54) is 5.56 Å². The second-order valence-corrected chi connectivity index (χ2v) is 8.11. The lowest BCUT2D eigenvalue weighted by Crippen LogP contribution is -2.46. The average molecular weight is 408 g/mol. The summed E-state index contributed by atoms with van der Waals surface area (Å²) in [6.07, 6.45) is 0.935. The summed E-state index contributed by atoms with van der Waals surface area (Å²) in [5, 5.41) is 10.7. The van der Waals surface area contributed by atoms with Crippen molar-refractivity contribution in [2.75, 3.05) is 18.0 Å². The summed E-state index contributed by atoms with van der Waals surface area (Å²) in [7, 11) is 0. The highest BCUT2D eigenvalue weighted by Gasteiger charge is 2.27. The molecular formula is C22H22ClN5O. The van der Waals surface area contributed by atoms with Crippen LogP contribution in [0.2, 0.25) is 5.02 Å². The number of anilines is 1. The fraction of sp³-hybridized carbons (Fsp3) is 0.318. The molecule has 1 saturated heterocycles. The van der Waals surface area contributed by atoms with E-state index in [-0.39, 0.29) is 12.2 Å². The van der Waals surface area contributed by atoms with Crippen LogP contribution >= 0.6 is 11.6 Å². The third-order valence-corrected chi connectivity index (χ3v) is 5.49. The van der Waals surface area contributed by atoms with Crippen LogP contribution in [-0.4, -0.2) is 44.9 Å². The molecule has 5 rings (SSSR count). The van der Waals surface area contributed by atoms with Gasteiger partial charge in [-0.2, -0.15) is 0 Å². The molecule has 0 spiro atoms. The molecule has 1 fully saturated rings. The Morgan fingerprint density at radius 2 is 1.79 bits per heavy atom. The minimum atomic E-state index is 0.125. The maximum absolute atomic E-state index is 6.25. The molecule has 2 aromatic carbocycles. The summed E-state index contributed by atoms with van der Waals surface area (Å²) in [6.45, 7) is 5.71. The van der Waals surface area contributed by atoms with Crippen LogP contribution in [0, 0.1) is 0 Å². The summed E-state index contributed by atoms with van der Waals surface area (Å²) in [5.41, 5.74) is 2.82. The van der Waals surface area contributed by atoms with Crippen LogP contribution in [0.4, 0.5) is 5.95 Å². The number of halogens is 1. The van der Waals surface area contributed by atoms with Crippen molar-refractivity contribution in [3.05, 3.63) is 64.9 Å². The van der Waals surface area contributed by atoms with Crippen molar-refractivity contribution < 1.29 is 4.74 Å². The second kappa shape index (κ2) is 7.28. The zero-order valence-corrected chi connectivity index (χ0v) is 17.2. The summed E-state index contributed by atoms with van der Waals surface area (Å²) in [6, 6.07) is 16.0. The van der Waals surface area contributed by atoms with Crippen LogP contribution in [0.1, 0.15) is 25.2 Å². The molecule has 0 amide bonds. The van der Waals surface area contributed by atoms with E-state index in [0.717, 1.165) is 41.4 Å². The van der Waals surface area contributed by atoms with Gasteiger partial charge in [0.15, 0.2) is 5.65 Å². The molecule has 0 saturated carbocycles. The molecule has 29 heavy (non-hydrogen) atoms. The summed E-state index contributed by atoms with van der Waals surface area (Å²) < 4.78 is 8.02. The zero-order chi connectivity index (χ0) is 20.0. The van der Waals surface area contributed by atoms with Crippen LogP contribution in [0.3, 0.4) is 0 Å². The standard InChI is InChI=1S/C22H22ClN5O/c1-14-12-27(13-15(2)29-14)22-24-19-11-17(23)8-9-18(19)21-26-25-20(28(21)22)10-16-6-4-3-5-7-16/h3-9,11,14-15H,10,12-13H2,1-2H3. The Labute approximate surface area is 174 Å². The van der Waals surface area contributed by atoms with E-state index in [9.17, 15) is 0 Å². The first kappa shape index (κ1) is 18.3. The lowest BCUT2D eigenvalue weighted by Gasteiger charge is -2.36. The highest BCUT2D eigenvalue weighted by Crippen LogP contribution is 2.28. The van der Waals surface area contributed by atoms with E-state index in [4.69, 9.17) is 21.3 Å². The maximum atomic E-state index is 6.25. The fourth-order valence-corrected chi connectivity index (χ4v) is 4.26. The van der Waals surface area contributed by atoms with Crippen molar-refractivity contribution in [3.8, 4) is 0 Å². The van der Waals surface area contributed by atoms with Crippen LogP contribution < -0.4 is 4.90 Å². The molecule has 0 radical (unpaired) electrons. The minimum Gasteiger partial charge on any atom is -0.372 e. The number of benzene rings is 2. The Morgan fingerprint density at radius 3 is 2.55 bits per heavy atom. The summed E-state index contributed by atoms with van der Waals surface area (Å²) >= 11 is 6.25. The molecule has 0 N–H and O–H groups in total. The van der Waals surface area contributed by atoms with E-state index in [1.54, 1.807) is 0 Å². The molecule has 2 unspecified atom stereocenters. The van der Waals surface area contributed by atoms with Crippen molar-refractivity contribution in [2.45, 2.75) is 32.5 Å². The van der Waals surface area contributed by atoms with Crippen molar-refractivity contribution in [1.82, 2.24) is 19.6 Å². The monoisotopic (exact) mass is 407 g/mol. The molecule has 4 aromatic rings. The van der Waals surface area contributed by atoms with E-state index >= 15 is 0 Å². The second-order valence-electron chi connectivity index (χ2n) is 7.67. The molecule has 148 valence electrons. The van der Waals surface area contributed by atoms with Gasteiger partial charge in [-0.1, -0.05) is 41.9 Å². The van der Waals surface area contributed by atoms with Crippen LogP contribution in [0.15, 0.2) is 48.5 Å². The first-order valence-corrected chi connectivity index (χ1v) is 10.2. The first-order chi connectivity index (χ1) is 14.1. The van der Waals surface area contributed by atoms with Crippen LogP contribution in [-0.2, 0) is 11.2 Å². The Hall–Kier alpha value is -2.70. The molecule has 0 bridgehead atoms. The van der Waals surface area contributed by atoms with Gasteiger partial charge in [0.05, 0.1) is 17.7 Å². The molecule has 0 aliphatic carbocycles. The third kappa shape index (κ3) is 3.43. The van der Waals surface area contributed by atoms with Gasteiger partial charge in [-0.25, -0.2) is 9.38 Å². The van der Waals surface area contributed by atoms with Crippen molar-refractivity contribution in [2.24, 2.45) is 0 Å². The van der Waals surface area contributed by atoms with E-state index in [2.05, 4.69) is 45.5 Å². The Morgan fingerprint density at radius 1 is 1.03 bits per heavy atom. The van der Waals surface area contributed by atoms with Gasteiger partial charge in [0.25, 0.3) is 0 Å². The molecule has 3 heterocycles. The average Bonchev–Trinajstić information content (AvgIpc) is 3.11. The van der Waals surface area contributed by atoms with Gasteiger partial charge in [0, 0.05) is 29.9 Å². The molecular weight excluding hydrogens is 386 g/mol. The molecule has 7 heteroatoms. The van der Waals surface area contributed by atoms with Crippen molar-refractivity contribution in [1.29, 1.82) is 0 Å². The van der Waals surface area contributed by atoms with Gasteiger partial charge in [0.2, 0.25) is 5.95 Å². The smallest absolute Gasteiger partial charge is 0.213 e. The molecule has 1 aliphatic rings. The number of nitrogens with zero attached hydrogens (tertiary/aromatic N) is 5. The predicted molar refractivity (Wildman–Crippen MR) is 115 cm³/mol. The SMILES string of the molecule is CC1CN(c2nc3cc(Cl)ccc3c3nnc(Cc4ccccc4)n23)CC(C)O1. The van der Waals surface area contributed by atoms with Crippen LogP contribution in [0.25, 0.3) is 16.6 Å². The highest BCUT2D eigenvalue weighted by molar-refractivity contribution is 6.31. The Balaban J connectivity index is 1.72. The highest BCUT2D eigenvalue weighted by atomic mass is 35.5. The first-order valence-electron chi connectivity index (χ1n) is 9.86. The molecule has 1 aliphatic heterocycles. The predicted octanol–water partition coefficient (Wildman–Crippen LogP) is 4.14. The van der Waals surface area contributed by atoms with Gasteiger partial charge in [-0.15, -0.1) is 10.2 Å². The maximum Gasteiger partial charge on any atom is 0.213 e. The normalized spacial score (nSPS) is 19.9. The van der Waals surface area contributed by atoms with Gasteiger partial charge >= 0.3 is 0 Å². The Bertz CT molecular complexity index is 1170. The number of hydrogen-bond acceptors (Lipinski definition) is 5. The van der Waals surface area contributed by atoms with Crippen molar-refractivity contribution >= 4 is 34.1 Å². The van der Waals surface area contributed by atoms with Gasteiger partial charge in [-0.3, -0.25) is 0 Å². The zero-order valence-electron chi connectivity index (χ0n) is 16.4. The molecule has 2 aromatic heterocycles. The number of hydrogen-bond donors (Lipinski definition) is 0. The quantitative estimate of drug-likeness (QED) is 0.511. The summed E-state index contributed by atoms with van der Waals surface area (Å²) in [5.74, 6) is 1.71. The van der Waals surface area contributed by atoms with Gasteiger partial charge < -0.3 is 9.64 Å². The number of aromatic nitrogens is 4. The number of fused-ring (bicyclic) bond motifs is 3. The number of morpholine rings is 1. The largest absolute Gasteiger partial charge is 0.372 e. The fourth-order valence-electron chi connectivity index (χ4n) is 4.09. The minimum absolute atomic E-state index is 0.125. The molecule has 2 atom stereocenters. The van der Waals surface area contributed by atoms with Crippen LogP contribution in [0.5, 0.6) is 0 Å².